The van der Waals surface area contributed by atoms with Crippen molar-refractivity contribution >= 4 is 27.3 Å². The standard InChI is InChI=1S/C11H9ClFN3O2S/c1-16(9-4-2-3-8(13)5-9)19(17,18)10-6-14-11(12)15-7-10/h2-7H,1H3. The molecule has 0 unspecified atom stereocenters. The average molecular weight is 302 g/mol. The van der Waals surface area contributed by atoms with Gasteiger partial charge in [-0.2, -0.15) is 0 Å². The van der Waals surface area contributed by atoms with Gasteiger partial charge in [-0.1, -0.05) is 6.07 Å². The van der Waals surface area contributed by atoms with Crippen molar-refractivity contribution in [2.75, 3.05) is 11.4 Å². The third-order valence-electron chi connectivity index (χ3n) is 2.43. The molecule has 0 bridgehead atoms. The van der Waals surface area contributed by atoms with Crippen LogP contribution in [-0.2, 0) is 10.0 Å². The van der Waals surface area contributed by atoms with Crippen LogP contribution in [0.4, 0.5) is 10.1 Å². The number of benzene rings is 1. The van der Waals surface area contributed by atoms with Crippen LogP contribution in [0.5, 0.6) is 0 Å². The first-order chi connectivity index (χ1) is 8.91. The molecule has 0 aliphatic heterocycles. The lowest BCUT2D eigenvalue weighted by Gasteiger charge is -2.18. The van der Waals surface area contributed by atoms with Crippen molar-refractivity contribution in [2.45, 2.75) is 4.90 Å². The first-order valence-electron chi connectivity index (χ1n) is 5.13. The molecule has 0 radical (unpaired) electrons. The summed E-state index contributed by atoms with van der Waals surface area (Å²) < 4.78 is 38.5. The lowest BCUT2D eigenvalue weighted by molar-refractivity contribution is 0.593. The Bertz CT molecular complexity index is 691. The molecule has 0 saturated carbocycles. The third-order valence-corrected chi connectivity index (χ3v) is 4.36. The largest absolute Gasteiger partial charge is 0.269 e. The van der Waals surface area contributed by atoms with Crippen LogP contribution in [0, 0.1) is 5.82 Å². The van der Waals surface area contributed by atoms with Gasteiger partial charge in [-0.3, -0.25) is 4.31 Å². The molecule has 5 nitrogen and oxygen atoms in total. The second-order valence-electron chi connectivity index (χ2n) is 3.64. The number of sulfonamides is 1. The van der Waals surface area contributed by atoms with Crippen LogP contribution in [-0.4, -0.2) is 25.4 Å². The zero-order valence-electron chi connectivity index (χ0n) is 9.79. The fraction of sp³-hybridized carbons (Fsp3) is 0.0909. The summed E-state index contributed by atoms with van der Waals surface area (Å²) in [5, 5.41) is -0.0487. The fourth-order valence-corrected chi connectivity index (χ4v) is 2.58. The van der Waals surface area contributed by atoms with Gasteiger partial charge in [-0.15, -0.1) is 0 Å². The Morgan fingerprint density at radius 3 is 2.47 bits per heavy atom. The maximum atomic E-state index is 13.1. The van der Waals surface area contributed by atoms with Crippen molar-refractivity contribution in [1.29, 1.82) is 0 Å². The quantitative estimate of drug-likeness (QED) is 0.814. The highest BCUT2D eigenvalue weighted by atomic mass is 35.5. The highest BCUT2D eigenvalue weighted by molar-refractivity contribution is 7.92. The van der Waals surface area contributed by atoms with Crippen LogP contribution in [0.1, 0.15) is 0 Å². The number of aromatic nitrogens is 2. The molecule has 0 aliphatic carbocycles. The molecule has 8 heteroatoms. The highest BCUT2D eigenvalue weighted by Crippen LogP contribution is 2.21. The molecule has 2 rings (SSSR count). The summed E-state index contributed by atoms with van der Waals surface area (Å²) in [4.78, 5) is 7.11. The van der Waals surface area contributed by atoms with E-state index in [4.69, 9.17) is 11.6 Å². The Morgan fingerprint density at radius 2 is 1.89 bits per heavy atom. The molecule has 1 heterocycles. The summed E-state index contributed by atoms with van der Waals surface area (Å²) in [6.07, 6.45) is 2.20. The third kappa shape index (κ3) is 2.82. The van der Waals surface area contributed by atoms with E-state index in [-0.39, 0.29) is 15.9 Å². The molecule has 0 spiro atoms. The van der Waals surface area contributed by atoms with Crippen molar-refractivity contribution in [2.24, 2.45) is 0 Å². The number of hydrogen-bond acceptors (Lipinski definition) is 4. The smallest absolute Gasteiger partial charge is 0.267 e. The number of halogens is 2. The number of anilines is 1. The van der Waals surface area contributed by atoms with Crippen LogP contribution in [0.2, 0.25) is 5.28 Å². The Kier molecular flexibility index (Phi) is 3.68. The van der Waals surface area contributed by atoms with Gasteiger partial charge in [0.2, 0.25) is 5.28 Å². The predicted molar refractivity (Wildman–Crippen MR) is 69.0 cm³/mol. The predicted octanol–water partition coefficient (Wildman–Crippen LogP) is 2.09. The van der Waals surface area contributed by atoms with Crippen molar-refractivity contribution in [3.05, 3.63) is 47.8 Å². The first-order valence-corrected chi connectivity index (χ1v) is 6.95. The van der Waals surface area contributed by atoms with E-state index in [0.717, 1.165) is 22.8 Å². The van der Waals surface area contributed by atoms with E-state index in [1.807, 2.05) is 0 Å². The summed E-state index contributed by atoms with van der Waals surface area (Å²) in [5.74, 6) is -0.521. The molecule has 0 saturated heterocycles. The van der Waals surface area contributed by atoms with Crippen molar-refractivity contribution < 1.29 is 12.8 Å². The maximum Gasteiger partial charge on any atom is 0.267 e. The molecule has 1 aromatic carbocycles. The summed E-state index contributed by atoms with van der Waals surface area (Å²) in [6, 6.07) is 5.26. The minimum absolute atomic E-state index is 0.0487. The van der Waals surface area contributed by atoms with Crippen LogP contribution in [0.15, 0.2) is 41.6 Å². The molecule has 0 N–H and O–H groups in total. The van der Waals surface area contributed by atoms with Gasteiger partial charge in [0.1, 0.15) is 10.7 Å². The molecular weight excluding hydrogens is 293 g/mol. The second-order valence-corrected chi connectivity index (χ2v) is 5.95. The van der Waals surface area contributed by atoms with Gasteiger partial charge in [0, 0.05) is 7.05 Å². The fourth-order valence-electron chi connectivity index (χ4n) is 1.40. The monoisotopic (exact) mass is 301 g/mol. The summed E-state index contributed by atoms with van der Waals surface area (Å²) in [5.41, 5.74) is 0.204. The average Bonchev–Trinajstić information content (AvgIpc) is 2.38. The van der Waals surface area contributed by atoms with E-state index in [0.29, 0.717) is 0 Å². The van der Waals surface area contributed by atoms with E-state index in [1.165, 1.54) is 25.2 Å². The maximum absolute atomic E-state index is 13.1. The summed E-state index contributed by atoms with van der Waals surface area (Å²) >= 11 is 5.50. The Morgan fingerprint density at radius 1 is 1.26 bits per heavy atom. The van der Waals surface area contributed by atoms with Crippen molar-refractivity contribution in [3.8, 4) is 0 Å². The van der Waals surface area contributed by atoms with Gasteiger partial charge in [-0.25, -0.2) is 22.8 Å². The van der Waals surface area contributed by atoms with Crippen molar-refractivity contribution in [1.82, 2.24) is 9.97 Å². The first kappa shape index (κ1) is 13.7. The van der Waals surface area contributed by atoms with Gasteiger partial charge in [-0.05, 0) is 29.8 Å². The van der Waals surface area contributed by atoms with Crippen LogP contribution in [0.25, 0.3) is 0 Å². The molecule has 100 valence electrons. The minimum Gasteiger partial charge on any atom is -0.269 e. The Labute approximate surface area is 114 Å². The van der Waals surface area contributed by atoms with E-state index < -0.39 is 15.8 Å². The van der Waals surface area contributed by atoms with Crippen LogP contribution in [0.3, 0.4) is 0 Å². The van der Waals surface area contributed by atoms with E-state index in [1.54, 1.807) is 0 Å². The number of rotatable bonds is 3. The Balaban J connectivity index is 2.42. The van der Waals surface area contributed by atoms with E-state index >= 15 is 0 Å². The second kappa shape index (κ2) is 5.10. The minimum atomic E-state index is -3.84. The van der Waals surface area contributed by atoms with Crippen LogP contribution >= 0.6 is 11.6 Å². The molecule has 1 aromatic heterocycles. The molecule has 0 amide bonds. The lowest BCUT2D eigenvalue weighted by atomic mass is 10.3. The van der Waals surface area contributed by atoms with Crippen molar-refractivity contribution in [3.63, 3.8) is 0 Å². The van der Waals surface area contributed by atoms with Crippen LogP contribution < -0.4 is 4.31 Å². The molecule has 0 aliphatic rings. The number of hydrogen-bond donors (Lipinski definition) is 0. The van der Waals surface area contributed by atoms with Gasteiger partial charge < -0.3 is 0 Å². The molecule has 2 aromatic rings. The lowest BCUT2D eigenvalue weighted by Crippen LogP contribution is -2.26. The summed E-state index contributed by atoms with van der Waals surface area (Å²) in [7, 11) is -2.52. The topological polar surface area (TPSA) is 63.2 Å². The van der Waals surface area contributed by atoms with E-state index in [9.17, 15) is 12.8 Å². The number of nitrogens with zero attached hydrogens (tertiary/aromatic N) is 3. The van der Waals surface area contributed by atoms with E-state index in [2.05, 4.69) is 9.97 Å². The van der Waals surface area contributed by atoms with Gasteiger partial charge in [0.05, 0.1) is 18.1 Å². The van der Waals surface area contributed by atoms with Gasteiger partial charge in [0.25, 0.3) is 10.0 Å². The molecule has 0 fully saturated rings. The Hall–Kier alpha value is -1.73. The summed E-state index contributed by atoms with van der Waals surface area (Å²) in [6.45, 7) is 0. The molecule has 0 atom stereocenters. The van der Waals surface area contributed by atoms with Gasteiger partial charge >= 0.3 is 0 Å². The zero-order chi connectivity index (χ0) is 14.0. The molecular formula is C11H9ClFN3O2S. The SMILES string of the molecule is CN(c1cccc(F)c1)S(=O)(=O)c1cnc(Cl)nc1. The normalized spacial score (nSPS) is 11.3. The zero-order valence-corrected chi connectivity index (χ0v) is 11.4. The highest BCUT2D eigenvalue weighted by Gasteiger charge is 2.22. The molecule has 19 heavy (non-hydrogen) atoms. The van der Waals surface area contributed by atoms with Gasteiger partial charge in [0.15, 0.2) is 0 Å².